The fraction of sp³-hybridized carbons (Fsp3) is 0.267. The van der Waals surface area contributed by atoms with Gasteiger partial charge < -0.3 is 4.74 Å². The molecule has 7 heteroatoms. The van der Waals surface area contributed by atoms with E-state index in [1.165, 1.54) is 34.7 Å². The number of hydrogen-bond donors (Lipinski definition) is 0. The molecule has 3 heterocycles. The SMILES string of the molecule is COC(=O)CC(c1sccc1C)N1C(=O)c2cscc2C1=O. The lowest BCUT2D eigenvalue weighted by molar-refractivity contribution is -0.141. The maximum Gasteiger partial charge on any atom is 0.308 e. The number of carbonyl (C=O) groups excluding carboxylic acids is 3. The molecule has 3 rings (SSSR count). The van der Waals surface area contributed by atoms with Crippen molar-refractivity contribution in [2.75, 3.05) is 7.11 Å². The van der Waals surface area contributed by atoms with Crippen LogP contribution in [0.1, 0.15) is 43.6 Å². The van der Waals surface area contributed by atoms with Gasteiger partial charge in [-0.3, -0.25) is 19.3 Å². The molecule has 1 aliphatic rings. The van der Waals surface area contributed by atoms with Crippen LogP contribution in [0.5, 0.6) is 0 Å². The minimum absolute atomic E-state index is 0.0387. The summed E-state index contributed by atoms with van der Waals surface area (Å²) >= 11 is 2.76. The van der Waals surface area contributed by atoms with Crippen LogP contribution < -0.4 is 0 Å². The Morgan fingerprint density at radius 1 is 1.27 bits per heavy atom. The summed E-state index contributed by atoms with van der Waals surface area (Å²) in [5, 5.41) is 5.23. The van der Waals surface area contributed by atoms with Crippen molar-refractivity contribution in [1.29, 1.82) is 0 Å². The molecule has 0 aromatic carbocycles. The van der Waals surface area contributed by atoms with Gasteiger partial charge in [0.05, 0.1) is 30.7 Å². The molecule has 114 valence electrons. The molecule has 0 bridgehead atoms. The third kappa shape index (κ3) is 2.26. The summed E-state index contributed by atoms with van der Waals surface area (Å²) < 4.78 is 4.73. The minimum atomic E-state index is -0.621. The van der Waals surface area contributed by atoms with Crippen LogP contribution in [0, 0.1) is 6.92 Å². The van der Waals surface area contributed by atoms with Crippen molar-refractivity contribution in [3.8, 4) is 0 Å². The van der Waals surface area contributed by atoms with Crippen LogP contribution in [0.4, 0.5) is 0 Å². The first-order valence-corrected chi connectivity index (χ1v) is 8.41. The predicted octanol–water partition coefficient (Wildman–Crippen LogP) is 3.02. The first-order valence-electron chi connectivity index (χ1n) is 6.59. The fourth-order valence-electron chi connectivity index (χ4n) is 2.53. The predicted molar refractivity (Wildman–Crippen MR) is 83.2 cm³/mol. The molecule has 0 saturated carbocycles. The number of aryl methyl sites for hydroxylation is 1. The van der Waals surface area contributed by atoms with E-state index in [1.807, 2.05) is 18.4 Å². The van der Waals surface area contributed by atoms with Gasteiger partial charge in [-0.25, -0.2) is 0 Å². The van der Waals surface area contributed by atoms with Gasteiger partial charge in [0.2, 0.25) is 0 Å². The minimum Gasteiger partial charge on any atom is -0.469 e. The molecule has 2 aromatic heterocycles. The average Bonchev–Trinajstić information content (AvgIpc) is 3.18. The molecule has 22 heavy (non-hydrogen) atoms. The average molecular weight is 335 g/mol. The van der Waals surface area contributed by atoms with Gasteiger partial charge in [-0.2, -0.15) is 11.3 Å². The van der Waals surface area contributed by atoms with E-state index in [2.05, 4.69) is 0 Å². The lowest BCUT2D eigenvalue weighted by Crippen LogP contribution is -2.35. The second-order valence-electron chi connectivity index (χ2n) is 4.94. The van der Waals surface area contributed by atoms with Crippen LogP contribution in [0.25, 0.3) is 0 Å². The summed E-state index contributed by atoms with van der Waals surface area (Å²) in [4.78, 5) is 38.9. The van der Waals surface area contributed by atoms with Gasteiger partial charge in [0.1, 0.15) is 0 Å². The Balaban J connectivity index is 2.02. The molecule has 0 fully saturated rings. The van der Waals surface area contributed by atoms with E-state index in [4.69, 9.17) is 4.74 Å². The van der Waals surface area contributed by atoms with Crippen molar-refractivity contribution < 1.29 is 19.1 Å². The number of hydrogen-bond acceptors (Lipinski definition) is 6. The second kappa shape index (κ2) is 5.66. The Labute approximate surface area is 135 Å². The highest BCUT2D eigenvalue weighted by Crippen LogP contribution is 2.38. The maximum atomic E-state index is 12.6. The second-order valence-corrected chi connectivity index (χ2v) is 6.63. The van der Waals surface area contributed by atoms with Gasteiger partial charge in [0.15, 0.2) is 0 Å². The third-order valence-electron chi connectivity index (χ3n) is 3.66. The quantitative estimate of drug-likeness (QED) is 0.636. The number of rotatable bonds is 4. The zero-order valence-corrected chi connectivity index (χ0v) is 13.6. The largest absolute Gasteiger partial charge is 0.469 e. The Morgan fingerprint density at radius 3 is 2.41 bits per heavy atom. The van der Waals surface area contributed by atoms with Crippen LogP contribution in [0.3, 0.4) is 0 Å². The van der Waals surface area contributed by atoms with Crippen molar-refractivity contribution >= 4 is 40.5 Å². The van der Waals surface area contributed by atoms with Crippen LogP contribution >= 0.6 is 22.7 Å². The van der Waals surface area contributed by atoms with Gasteiger partial charge in [-0.15, -0.1) is 11.3 Å². The molecule has 5 nitrogen and oxygen atoms in total. The van der Waals surface area contributed by atoms with Crippen molar-refractivity contribution in [2.24, 2.45) is 0 Å². The maximum absolute atomic E-state index is 12.6. The van der Waals surface area contributed by atoms with Gasteiger partial charge in [0.25, 0.3) is 11.8 Å². The molecule has 0 spiro atoms. The molecule has 0 saturated heterocycles. The Hall–Kier alpha value is -1.99. The van der Waals surface area contributed by atoms with Crippen molar-refractivity contribution in [3.05, 3.63) is 43.8 Å². The van der Waals surface area contributed by atoms with E-state index < -0.39 is 12.0 Å². The summed E-state index contributed by atoms with van der Waals surface area (Å²) in [7, 11) is 1.30. The summed E-state index contributed by atoms with van der Waals surface area (Å²) in [6, 6.07) is 1.29. The zero-order valence-electron chi connectivity index (χ0n) is 12.0. The Kier molecular flexibility index (Phi) is 3.84. The molecule has 0 aliphatic carbocycles. The van der Waals surface area contributed by atoms with Gasteiger partial charge in [-0.05, 0) is 23.9 Å². The highest BCUT2D eigenvalue weighted by molar-refractivity contribution is 7.10. The summed E-state index contributed by atoms with van der Waals surface area (Å²) in [5.41, 5.74) is 1.78. The number of amides is 2. The molecular weight excluding hydrogens is 322 g/mol. The van der Waals surface area contributed by atoms with Crippen LogP contribution in [-0.2, 0) is 9.53 Å². The molecule has 0 N–H and O–H groups in total. The first kappa shape index (κ1) is 14.9. The van der Waals surface area contributed by atoms with E-state index in [-0.39, 0.29) is 18.2 Å². The van der Waals surface area contributed by atoms with Crippen LogP contribution in [0.2, 0.25) is 0 Å². The molecule has 1 aliphatic heterocycles. The number of nitrogens with zero attached hydrogens (tertiary/aromatic N) is 1. The summed E-state index contributed by atoms with van der Waals surface area (Å²) in [6.45, 7) is 1.90. The normalized spacial score (nSPS) is 15.1. The number of fused-ring (bicyclic) bond motifs is 1. The molecule has 1 unspecified atom stereocenters. The number of thiophene rings is 2. The Morgan fingerprint density at radius 2 is 1.91 bits per heavy atom. The highest BCUT2D eigenvalue weighted by Gasteiger charge is 2.42. The van der Waals surface area contributed by atoms with E-state index in [0.717, 1.165) is 10.4 Å². The number of methoxy groups -OCH3 is 1. The molecule has 1 atom stereocenters. The fourth-order valence-corrected chi connectivity index (χ4v) is 4.35. The number of carbonyl (C=O) groups is 3. The molecule has 2 aromatic rings. The van der Waals surface area contributed by atoms with Crippen LogP contribution in [0.15, 0.2) is 22.2 Å². The van der Waals surface area contributed by atoms with E-state index in [0.29, 0.717) is 11.1 Å². The monoisotopic (exact) mass is 335 g/mol. The molecular formula is C15H13NO4S2. The van der Waals surface area contributed by atoms with Crippen molar-refractivity contribution in [2.45, 2.75) is 19.4 Å². The number of esters is 1. The van der Waals surface area contributed by atoms with E-state index in [9.17, 15) is 14.4 Å². The standard InChI is InChI=1S/C15H13NO4S2/c1-8-3-4-22-13(8)11(5-12(17)20-2)16-14(18)9-6-21-7-10(9)15(16)19/h3-4,6-7,11H,5H2,1-2H3. The number of imide groups is 1. The molecule has 2 amide bonds. The van der Waals surface area contributed by atoms with Crippen LogP contribution in [-0.4, -0.2) is 29.8 Å². The van der Waals surface area contributed by atoms with Gasteiger partial charge in [-0.1, -0.05) is 0 Å². The van der Waals surface area contributed by atoms with Crippen molar-refractivity contribution in [3.63, 3.8) is 0 Å². The highest BCUT2D eigenvalue weighted by atomic mass is 32.1. The third-order valence-corrected chi connectivity index (χ3v) is 5.53. The lowest BCUT2D eigenvalue weighted by Gasteiger charge is -2.25. The summed E-state index contributed by atoms with van der Waals surface area (Å²) in [5.74, 6) is -1.14. The van der Waals surface area contributed by atoms with Gasteiger partial charge in [0, 0.05) is 15.6 Å². The lowest BCUT2D eigenvalue weighted by atomic mass is 10.1. The Bertz CT molecular complexity index is 731. The smallest absolute Gasteiger partial charge is 0.308 e. The first-order chi connectivity index (χ1) is 10.5. The zero-order chi connectivity index (χ0) is 15.9. The van der Waals surface area contributed by atoms with E-state index >= 15 is 0 Å². The van der Waals surface area contributed by atoms with Crippen molar-refractivity contribution in [1.82, 2.24) is 4.90 Å². The summed E-state index contributed by atoms with van der Waals surface area (Å²) in [6.07, 6.45) is -0.0387. The number of ether oxygens (including phenoxy) is 1. The van der Waals surface area contributed by atoms with Gasteiger partial charge >= 0.3 is 5.97 Å². The van der Waals surface area contributed by atoms with E-state index in [1.54, 1.807) is 10.8 Å². The topological polar surface area (TPSA) is 63.7 Å². The molecule has 0 radical (unpaired) electrons.